The molecule has 0 unspecified atom stereocenters. The lowest BCUT2D eigenvalue weighted by molar-refractivity contribution is -0.190. The third kappa shape index (κ3) is 3.02. The van der Waals surface area contributed by atoms with Crippen molar-refractivity contribution < 1.29 is 19.0 Å². The molecule has 0 aliphatic carbocycles. The van der Waals surface area contributed by atoms with Crippen molar-refractivity contribution in [2.24, 2.45) is 0 Å². The van der Waals surface area contributed by atoms with E-state index in [9.17, 15) is 4.79 Å². The number of amides is 1. The summed E-state index contributed by atoms with van der Waals surface area (Å²) in [6.45, 7) is 3.67. The molecule has 5 rings (SSSR count). The molecule has 0 saturated carbocycles. The van der Waals surface area contributed by atoms with Crippen LogP contribution in [0.5, 0.6) is 0 Å². The fourth-order valence-corrected chi connectivity index (χ4v) is 3.83. The Morgan fingerprint density at radius 3 is 2.70 bits per heavy atom. The van der Waals surface area contributed by atoms with Crippen LogP contribution in [0.1, 0.15) is 30.4 Å². The number of fused-ring (bicyclic) bond motifs is 2. The van der Waals surface area contributed by atoms with Gasteiger partial charge >= 0.3 is 0 Å². The monoisotopic (exact) mass is 405 g/mol. The first-order chi connectivity index (χ1) is 14.5. The van der Waals surface area contributed by atoms with Crippen LogP contribution in [0.3, 0.4) is 0 Å². The van der Waals surface area contributed by atoms with Crippen LogP contribution in [0.25, 0.3) is 11.2 Å². The van der Waals surface area contributed by atoms with Crippen molar-refractivity contribution in [3.05, 3.63) is 48.5 Å². The van der Waals surface area contributed by atoms with Crippen LogP contribution in [0.15, 0.2) is 43.0 Å². The van der Waals surface area contributed by atoms with Crippen LogP contribution in [0.2, 0.25) is 0 Å². The topological polar surface area (TPSA) is 100 Å². The molecule has 1 amide bonds. The smallest absolute Gasteiger partial charge is 0.256 e. The zero-order valence-corrected chi connectivity index (χ0v) is 16.4. The van der Waals surface area contributed by atoms with Gasteiger partial charge in [-0.25, -0.2) is 15.0 Å². The summed E-state index contributed by atoms with van der Waals surface area (Å²) in [5.74, 6) is 1.86. The molecule has 4 atom stereocenters. The van der Waals surface area contributed by atoms with Crippen LogP contribution >= 0.6 is 0 Å². The minimum atomic E-state index is -0.771. The fourth-order valence-electron chi connectivity index (χ4n) is 3.83. The lowest BCUT2D eigenvalue weighted by atomic mass is 10.1. The fraction of sp³-hybridized carbons (Fsp3) is 0.333. The Labute approximate surface area is 172 Å². The maximum absolute atomic E-state index is 12.5. The molecule has 2 saturated heterocycles. The Balaban J connectivity index is 1.48. The lowest BCUT2D eigenvalue weighted by Gasteiger charge is -2.23. The Hall–Kier alpha value is -3.32. The van der Waals surface area contributed by atoms with E-state index in [1.54, 1.807) is 35.2 Å². The zero-order valence-electron chi connectivity index (χ0n) is 16.4. The molecule has 0 bridgehead atoms. The highest BCUT2D eigenvalue weighted by molar-refractivity contribution is 6.06. The summed E-state index contributed by atoms with van der Waals surface area (Å²) in [5.41, 5.74) is 1.44. The molecule has 0 spiro atoms. The molecule has 0 radical (unpaired) electrons. The molecule has 4 heterocycles. The van der Waals surface area contributed by atoms with E-state index in [0.29, 0.717) is 22.5 Å². The molecule has 1 aromatic carbocycles. The van der Waals surface area contributed by atoms with Crippen molar-refractivity contribution in [3.8, 4) is 12.3 Å². The molecule has 1 N–H and O–H groups in total. The van der Waals surface area contributed by atoms with Crippen molar-refractivity contribution in [1.82, 2.24) is 19.5 Å². The zero-order chi connectivity index (χ0) is 20.9. The molecule has 3 aromatic rings. The SMILES string of the molecule is C#C[C@H]1O[C@@H](n2cnc3c(NC(=O)c4ccccc4)ncnc32)[C@@H]2OC(C)(C)O[C@@H]21. The number of ether oxygens (including phenoxy) is 3. The standard InChI is InChI=1S/C21H19N5O4/c1-4-13-15-16(30-21(2,3)29-15)20(28-13)26-11-24-14-17(22-10-23-18(14)26)25-19(27)12-8-6-5-7-9-12/h1,5-11,13,15-16,20H,2-3H3,(H,22,23,25,27)/t13-,15-,16-,20-/m1/s1. The number of nitrogens with one attached hydrogen (secondary N) is 1. The third-order valence-corrected chi connectivity index (χ3v) is 5.09. The van der Waals surface area contributed by atoms with Crippen LogP contribution < -0.4 is 5.32 Å². The number of anilines is 1. The van der Waals surface area contributed by atoms with Gasteiger partial charge in [0.05, 0.1) is 6.33 Å². The Bertz CT molecular complexity index is 1150. The van der Waals surface area contributed by atoms with Crippen molar-refractivity contribution >= 4 is 22.9 Å². The van der Waals surface area contributed by atoms with Crippen molar-refractivity contribution in [2.75, 3.05) is 5.32 Å². The van der Waals surface area contributed by atoms with Crippen LogP contribution in [0, 0.1) is 12.3 Å². The van der Waals surface area contributed by atoms with E-state index in [-0.39, 0.29) is 5.91 Å². The van der Waals surface area contributed by atoms with Crippen molar-refractivity contribution in [2.45, 2.75) is 44.2 Å². The number of aromatic nitrogens is 4. The third-order valence-electron chi connectivity index (χ3n) is 5.09. The molecular weight excluding hydrogens is 386 g/mol. The quantitative estimate of drug-likeness (QED) is 0.666. The maximum atomic E-state index is 12.5. The highest BCUT2D eigenvalue weighted by atomic mass is 16.8. The molecule has 2 aliphatic rings. The summed E-state index contributed by atoms with van der Waals surface area (Å²) in [7, 11) is 0. The van der Waals surface area contributed by atoms with Gasteiger partial charge in [-0.3, -0.25) is 9.36 Å². The van der Waals surface area contributed by atoms with Gasteiger partial charge in [-0.05, 0) is 26.0 Å². The van der Waals surface area contributed by atoms with E-state index in [1.165, 1.54) is 6.33 Å². The Kier molecular flexibility index (Phi) is 4.29. The summed E-state index contributed by atoms with van der Waals surface area (Å²) in [6.07, 6.45) is 6.62. The first-order valence-electron chi connectivity index (χ1n) is 9.48. The second-order valence-electron chi connectivity index (χ2n) is 7.55. The van der Waals surface area contributed by atoms with E-state index in [4.69, 9.17) is 20.6 Å². The predicted octanol–water partition coefficient (Wildman–Crippen LogP) is 2.13. The van der Waals surface area contributed by atoms with Crippen molar-refractivity contribution in [3.63, 3.8) is 0 Å². The molecule has 9 nitrogen and oxygen atoms in total. The van der Waals surface area contributed by atoms with E-state index in [0.717, 1.165) is 0 Å². The second-order valence-corrected chi connectivity index (χ2v) is 7.55. The van der Waals surface area contributed by atoms with Gasteiger partial charge in [0.1, 0.15) is 24.6 Å². The van der Waals surface area contributed by atoms with Gasteiger partial charge in [0.2, 0.25) is 0 Å². The highest BCUT2D eigenvalue weighted by Crippen LogP contribution is 2.43. The number of hydrogen-bond donors (Lipinski definition) is 1. The van der Waals surface area contributed by atoms with Crippen molar-refractivity contribution in [1.29, 1.82) is 0 Å². The molecule has 2 aliphatic heterocycles. The normalized spacial score (nSPS) is 27.0. The molecule has 2 aromatic heterocycles. The number of rotatable bonds is 3. The predicted molar refractivity (Wildman–Crippen MR) is 106 cm³/mol. The lowest BCUT2D eigenvalue weighted by Crippen LogP contribution is -2.28. The summed E-state index contributed by atoms with van der Waals surface area (Å²) in [6, 6.07) is 8.87. The van der Waals surface area contributed by atoms with Gasteiger partial charge in [-0.2, -0.15) is 0 Å². The van der Waals surface area contributed by atoms with Crippen LogP contribution in [0.4, 0.5) is 5.82 Å². The highest BCUT2D eigenvalue weighted by Gasteiger charge is 2.55. The first-order valence-corrected chi connectivity index (χ1v) is 9.48. The van der Waals surface area contributed by atoms with Gasteiger partial charge in [-0.15, -0.1) is 6.42 Å². The molecule has 2 fully saturated rings. The van der Waals surface area contributed by atoms with E-state index >= 15 is 0 Å². The second kappa shape index (κ2) is 6.88. The van der Waals surface area contributed by atoms with Gasteiger partial charge in [-0.1, -0.05) is 24.1 Å². The summed E-state index contributed by atoms with van der Waals surface area (Å²) in [5, 5.41) is 2.79. The Morgan fingerprint density at radius 2 is 1.93 bits per heavy atom. The number of benzene rings is 1. The number of nitrogens with zero attached hydrogens (tertiary/aromatic N) is 4. The summed E-state index contributed by atoms with van der Waals surface area (Å²) < 4.78 is 19.7. The average molecular weight is 405 g/mol. The summed E-state index contributed by atoms with van der Waals surface area (Å²) >= 11 is 0. The van der Waals surface area contributed by atoms with Gasteiger partial charge in [0.15, 0.2) is 29.0 Å². The molecule has 30 heavy (non-hydrogen) atoms. The molecule has 152 valence electrons. The Morgan fingerprint density at radius 1 is 1.17 bits per heavy atom. The number of carbonyl (C=O) groups excluding carboxylic acids is 1. The van der Waals surface area contributed by atoms with Gasteiger partial charge in [0.25, 0.3) is 5.91 Å². The minimum Gasteiger partial charge on any atom is -0.341 e. The van der Waals surface area contributed by atoms with Crippen LogP contribution in [-0.4, -0.2) is 49.5 Å². The van der Waals surface area contributed by atoms with E-state index < -0.39 is 30.3 Å². The van der Waals surface area contributed by atoms with Gasteiger partial charge in [0, 0.05) is 5.56 Å². The number of hydrogen-bond acceptors (Lipinski definition) is 7. The van der Waals surface area contributed by atoms with Gasteiger partial charge < -0.3 is 19.5 Å². The minimum absolute atomic E-state index is 0.288. The first kappa shape index (κ1) is 18.7. The maximum Gasteiger partial charge on any atom is 0.256 e. The molecular formula is C21H19N5O4. The average Bonchev–Trinajstić information content (AvgIpc) is 3.39. The number of imidazole rings is 1. The number of carbonyl (C=O) groups is 1. The number of terminal acetylenes is 1. The molecule has 9 heteroatoms. The van der Waals surface area contributed by atoms with Crippen LogP contribution in [-0.2, 0) is 14.2 Å². The van der Waals surface area contributed by atoms with E-state index in [2.05, 4.69) is 26.2 Å². The largest absolute Gasteiger partial charge is 0.341 e. The summed E-state index contributed by atoms with van der Waals surface area (Å²) in [4.78, 5) is 25.5. The van der Waals surface area contributed by atoms with E-state index in [1.807, 2.05) is 19.9 Å².